The van der Waals surface area contributed by atoms with Crippen LogP contribution in [0.2, 0.25) is 0 Å². The minimum atomic E-state index is -3.68. The number of hydrogen-bond donors (Lipinski definition) is 0. The van der Waals surface area contributed by atoms with Crippen molar-refractivity contribution in [2.45, 2.75) is 31.9 Å². The summed E-state index contributed by atoms with van der Waals surface area (Å²) < 4.78 is 53.7. The number of aromatic nitrogens is 2. The largest absolute Gasteiger partial charge is 0.356 e. The van der Waals surface area contributed by atoms with Crippen molar-refractivity contribution in [2.24, 2.45) is 0 Å². The SMILES string of the molecule is Cc1nc(N2CCCCC2)cc(N2CCN(S(=O)(=O)Cc3cc(F)cc(F)c3)CC2)n1. The second-order valence-corrected chi connectivity index (χ2v) is 10.1. The molecule has 0 bridgehead atoms. The minimum Gasteiger partial charge on any atom is -0.356 e. The molecule has 1 aromatic heterocycles. The predicted molar refractivity (Wildman–Crippen MR) is 116 cm³/mol. The van der Waals surface area contributed by atoms with Gasteiger partial charge in [0.25, 0.3) is 0 Å². The second-order valence-electron chi connectivity index (χ2n) is 8.10. The quantitative estimate of drug-likeness (QED) is 0.696. The summed E-state index contributed by atoms with van der Waals surface area (Å²) in [6.07, 6.45) is 3.56. The number of hydrogen-bond acceptors (Lipinski definition) is 6. The van der Waals surface area contributed by atoms with Crippen LogP contribution in [-0.4, -0.2) is 62.0 Å². The zero-order valence-corrected chi connectivity index (χ0v) is 18.4. The molecule has 2 aromatic rings. The molecule has 31 heavy (non-hydrogen) atoms. The van der Waals surface area contributed by atoms with Crippen LogP contribution in [0.15, 0.2) is 24.3 Å². The number of rotatable bonds is 5. The zero-order valence-electron chi connectivity index (χ0n) is 17.6. The third-order valence-electron chi connectivity index (χ3n) is 5.72. The van der Waals surface area contributed by atoms with Crippen molar-refractivity contribution in [3.05, 3.63) is 47.3 Å². The molecule has 1 aromatic carbocycles. The lowest BCUT2D eigenvalue weighted by Gasteiger charge is -2.35. The molecule has 7 nitrogen and oxygen atoms in total. The third kappa shape index (κ3) is 5.30. The Morgan fingerprint density at radius 2 is 1.35 bits per heavy atom. The topological polar surface area (TPSA) is 69.6 Å². The van der Waals surface area contributed by atoms with Crippen molar-refractivity contribution in [1.82, 2.24) is 14.3 Å². The second kappa shape index (κ2) is 9.04. The molecule has 0 atom stereocenters. The number of benzene rings is 1. The summed E-state index contributed by atoms with van der Waals surface area (Å²) in [6.45, 7) is 5.42. The van der Waals surface area contributed by atoms with E-state index in [1.54, 1.807) is 0 Å². The molecule has 0 radical (unpaired) electrons. The Morgan fingerprint density at radius 3 is 1.94 bits per heavy atom. The van der Waals surface area contributed by atoms with Gasteiger partial charge in [0.15, 0.2) is 0 Å². The van der Waals surface area contributed by atoms with Crippen molar-refractivity contribution in [2.75, 3.05) is 49.1 Å². The molecule has 0 spiro atoms. The standard InChI is InChI=1S/C21H27F2N5O2S/c1-16-24-20(26-5-3-2-4-6-26)14-21(25-16)27-7-9-28(10-8-27)31(29,30)15-17-11-18(22)13-19(23)12-17/h11-14H,2-10,15H2,1H3. The van der Waals surface area contributed by atoms with Crippen LogP contribution >= 0.6 is 0 Å². The van der Waals surface area contributed by atoms with Gasteiger partial charge in [-0.2, -0.15) is 4.31 Å². The molecule has 3 heterocycles. The number of halogens is 2. The monoisotopic (exact) mass is 451 g/mol. The minimum absolute atomic E-state index is 0.109. The highest BCUT2D eigenvalue weighted by Gasteiger charge is 2.28. The first-order valence-corrected chi connectivity index (χ1v) is 12.2. The Bertz CT molecular complexity index is 1020. The fourth-order valence-corrected chi connectivity index (χ4v) is 5.67. The molecular weight excluding hydrogens is 424 g/mol. The van der Waals surface area contributed by atoms with E-state index in [9.17, 15) is 17.2 Å². The van der Waals surface area contributed by atoms with Crippen LogP contribution in [0.1, 0.15) is 30.7 Å². The van der Waals surface area contributed by atoms with Crippen LogP contribution in [0.25, 0.3) is 0 Å². The van der Waals surface area contributed by atoms with Gasteiger partial charge in [0, 0.05) is 51.4 Å². The summed E-state index contributed by atoms with van der Waals surface area (Å²) in [5, 5.41) is 0. The van der Waals surface area contributed by atoms with Crippen molar-refractivity contribution in [3.8, 4) is 0 Å². The number of aryl methyl sites for hydroxylation is 1. The maximum absolute atomic E-state index is 13.4. The molecule has 0 N–H and O–H groups in total. The van der Waals surface area contributed by atoms with E-state index in [-0.39, 0.29) is 5.56 Å². The van der Waals surface area contributed by atoms with Crippen LogP contribution in [-0.2, 0) is 15.8 Å². The number of piperazine rings is 1. The average molecular weight is 452 g/mol. The smallest absolute Gasteiger partial charge is 0.218 e. The van der Waals surface area contributed by atoms with E-state index in [1.807, 2.05) is 13.0 Å². The maximum Gasteiger partial charge on any atom is 0.218 e. The van der Waals surface area contributed by atoms with Gasteiger partial charge in [-0.25, -0.2) is 27.2 Å². The lowest BCUT2D eigenvalue weighted by Crippen LogP contribution is -2.49. The van der Waals surface area contributed by atoms with Crippen LogP contribution in [0.5, 0.6) is 0 Å². The van der Waals surface area contributed by atoms with Crippen molar-refractivity contribution in [1.29, 1.82) is 0 Å². The van der Waals surface area contributed by atoms with E-state index in [0.29, 0.717) is 32.0 Å². The molecule has 0 unspecified atom stereocenters. The number of nitrogens with zero attached hydrogens (tertiary/aromatic N) is 5. The summed E-state index contributed by atoms with van der Waals surface area (Å²) >= 11 is 0. The molecular formula is C21H27F2N5O2S. The van der Waals surface area contributed by atoms with Crippen LogP contribution in [0.3, 0.4) is 0 Å². The molecule has 0 amide bonds. The van der Waals surface area contributed by atoms with E-state index in [2.05, 4.69) is 19.8 Å². The van der Waals surface area contributed by atoms with Gasteiger partial charge in [-0.3, -0.25) is 0 Å². The molecule has 10 heteroatoms. The normalized spacial score (nSPS) is 18.4. The maximum atomic E-state index is 13.4. The zero-order chi connectivity index (χ0) is 22.0. The molecule has 4 rings (SSSR count). The lowest BCUT2D eigenvalue weighted by atomic mass is 10.1. The average Bonchev–Trinajstić information content (AvgIpc) is 2.73. The van der Waals surface area contributed by atoms with Gasteiger partial charge in [-0.1, -0.05) is 0 Å². The fourth-order valence-electron chi connectivity index (χ4n) is 4.18. The van der Waals surface area contributed by atoms with Crippen LogP contribution < -0.4 is 9.80 Å². The highest BCUT2D eigenvalue weighted by atomic mass is 32.2. The van der Waals surface area contributed by atoms with E-state index in [1.165, 1.54) is 10.7 Å². The first-order valence-electron chi connectivity index (χ1n) is 10.6. The van der Waals surface area contributed by atoms with Crippen LogP contribution in [0.4, 0.5) is 20.4 Å². The Morgan fingerprint density at radius 1 is 0.806 bits per heavy atom. The van der Waals surface area contributed by atoms with Gasteiger partial charge in [-0.05, 0) is 43.9 Å². The summed E-state index contributed by atoms with van der Waals surface area (Å²) in [7, 11) is -3.68. The van der Waals surface area contributed by atoms with E-state index in [4.69, 9.17) is 0 Å². The lowest BCUT2D eigenvalue weighted by molar-refractivity contribution is 0.383. The molecule has 0 saturated carbocycles. The van der Waals surface area contributed by atoms with Crippen LogP contribution in [0, 0.1) is 18.6 Å². The first-order chi connectivity index (χ1) is 14.8. The molecule has 168 valence electrons. The Kier molecular flexibility index (Phi) is 6.38. The molecule has 2 fully saturated rings. The van der Waals surface area contributed by atoms with E-state index < -0.39 is 27.4 Å². The van der Waals surface area contributed by atoms with E-state index >= 15 is 0 Å². The number of sulfonamides is 1. The van der Waals surface area contributed by atoms with Gasteiger partial charge in [-0.15, -0.1) is 0 Å². The summed E-state index contributed by atoms with van der Waals surface area (Å²) in [6, 6.07) is 4.83. The molecule has 2 aliphatic rings. The van der Waals surface area contributed by atoms with Crippen molar-refractivity contribution in [3.63, 3.8) is 0 Å². The summed E-state index contributed by atoms with van der Waals surface area (Å²) in [5.41, 5.74) is 0.109. The highest BCUT2D eigenvalue weighted by molar-refractivity contribution is 7.88. The Labute approximate surface area is 181 Å². The third-order valence-corrected chi connectivity index (χ3v) is 7.57. The molecule has 0 aliphatic carbocycles. The predicted octanol–water partition coefficient (Wildman–Crippen LogP) is 2.71. The summed E-state index contributed by atoms with van der Waals surface area (Å²) in [4.78, 5) is 13.5. The van der Waals surface area contributed by atoms with Crippen molar-refractivity contribution >= 4 is 21.7 Å². The molecule has 2 aliphatic heterocycles. The Balaban J connectivity index is 1.43. The van der Waals surface area contributed by atoms with Gasteiger partial charge in [0.2, 0.25) is 10.0 Å². The fraction of sp³-hybridized carbons (Fsp3) is 0.524. The summed E-state index contributed by atoms with van der Waals surface area (Å²) in [5.74, 6) is 0.439. The van der Waals surface area contributed by atoms with Gasteiger partial charge in [0.1, 0.15) is 29.1 Å². The van der Waals surface area contributed by atoms with Gasteiger partial charge >= 0.3 is 0 Å². The number of anilines is 2. The number of piperidine rings is 1. The molecule has 2 saturated heterocycles. The van der Waals surface area contributed by atoms with Gasteiger partial charge in [0.05, 0.1) is 5.75 Å². The van der Waals surface area contributed by atoms with Gasteiger partial charge < -0.3 is 9.80 Å². The van der Waals surface area contributed by atoms with E-state index in [0.717, 1.165) is 55.8 Å². The highest BCUT2D eigenvalue weighted by Crippen LogP contribution is 2.24. The first kappa shape index (κ1) is 21.9. The Hall–Kier alpha value is -2.33. The van der Waals surface area contributed by atoms with Crippen molar-refractivity contribution < 1.29 is 17.2 Å².